The molecular formula is C30H33F3N2O5. The Morgan fingerprint density at radius 2 is 1.55 bits per heavy atom. The van der Waals surface area contributed by atoms with Crippen LogP contribution < -0.4 is 20.1 Å². The first-order valence-corrected chi connectivity index (χ1v) is 13.1. The van der Waals surface area contributed by atoms with Crippen LogP contribution >= 0.6 is 0 Å². The van der Waals surface area contributed by atoms with Crippen molar-refractivity contribution in [3.63, 3.8) is 0 Å². The van der Waals surface area contributed by atoms with Crippen LogP contribution in [0.4, 0.5) is 23.7 Å². The van der Waals surface area contributed by atoms with Crippen LogP contribution in [0, 0.1) is 0 Å². The number of anilines is 1. The van der Waals surface area contributed by atoms with Gasteiger partial charge in [0.25, 0.3) is 0 Å². The number of carboxylic acid groups (broad SMARTS) is 1. The maximum atomic E-state index is 13.1. The largest absolute Gasteiger partial charge is 0.573 e. The Kier molecular flexibility index (Phi) is 11.4. The Morgan fingerprint density at radius 3 is 2.12 bits per heavy atom. The molecule has 10 heteroatoms. The lowest BCUT2D eigenvalue weighted by molar-refractivity contribution is -0.274. The van der Waals surface area contributed by atoms with Crippen molar-refractivity contribution in [2.75, 3.05) is 11.4 Å². The predicted molar refractivity (Wildman–Crippen MR) is 145 cm³/mol. The molecule has 7 nitrogen and oxygen atoms in total. The third-order valence-electron chi connectivity index (χ3n) is 6.29. The van der Waals surface area contributed by atoms with E-state index in [4.69, 9.17) is 15.6 Å². The van der Waals surface area contributed by atoms with Crippen molar-refractivity contribution in [1.29, 1.82) is 0 Å². The molecule has 0 spiro atoms. The fourth-order valence-corrected chi connectivity index (χ4v) is 4.40. The summed E-state index contributed by atoms with van der Waals surface area (Å²) in [5.41, 5.74) is 7.65. The Balaban J connectivity index is 0.000000663. The number of alkyl halides is 3. The normalized spacial score (nSPS) is 13.5. The van der Waals surface area contributed by atoms with Gasteiger partial charge in [0.15, 0.2) is 0 Å². The lowest BCUT2D eigenvalue weighted by atomic mass is 9.84. The third-order valence-corrected chi connectivity index (χ3v) is 6.29. The Bertz CT molecular complexity index is 1210. The molecule has 40 heavy (non-hydrogen) atoms. The van der Waals surface area contributed by atoms with Crippen LogP contribution in [0.25, 0.3) is 0 Å². The second-order valence-electron chi connectivity index (χ2n) is 9.32. The van der Waals surface area contributed by atoms with Gasteiger partial charge >= 0.3 is 18.4 Å². The molecule has 1 aliphatic carbocycles. The van der Waals surface area contributed by atoms with Crippen molar-refractivity contribution in [2.45, 2.75) is 57.3 Å². The number of hydrogen-bond acceptors (Lipinski definition) is 5. The monoisotopic (exact) mass is 558 g/mol. The number of halogens is 3. The summed E-state index contributed by atoms with van der Waals surface area (Å²) in [4.78, 5) is 24.1. The van der Waals surface area contributed by atoms with Crippen molar-refractivity contribution >= 4 is 17.7 Å². The molecule has 3 N–H and O–H groups in total. The van der Waals surface area contributed by atoms with Gasteiger partial charge in [0.05, 0.1) is 13.0 Å². The molecule has 1 saturated carbocycles. The first kappa shape index (κ1) is 30.5. The molecule has 0 radical (unpaired) electrons. The van der Waals surface area contributed by atoms with Gasteiger partial charge in [0.1, 0.15) is 11.5 Å². The van der Waals surface area contributed by atoms with Crippen molar-refractivity contribution in [3.05, 3.63) is 90.0 Å². The smallest absolute Gasteiger partial charge is 0.481 e. The van der Waals surface area contributed by atoms with Crippen LogP contribution in [0.5, 0.6) is 11.5 Å². The van der Waals surface area contributed by atoms with Crippen molar-refractivity contribution in [2.24, 2.45) is 5.73 Å². The first-order valence-electron chi connectivity index (χ1n) is 13.1. The van der Waals surface area contributed by atoms with E-state index in [2.05, 4.69) is 4.74 Å². The maximum Gasteiger partial charge on any atom is 0.573 e. The zero-order chi connectivity index (χ0) is 29.0. The zero-order valence-corrected chi connectivity index (χ0v) is 22.0. The number of nitrogens with two attached hydrogens (primary N) is 1. The van der Waals surface area contributed by atoms with Gasteiger partial charge in [-0.05, 0) is 54.2 Å². The fraction of sp³-hybridized carbons (Fsp3) is 0.333. The van der Waals surface area contributed by atoms with Gasteiger partial charge < -0.3 is 20.3 Å². The van der Waals surface area contributed by atoms with Crippen LogP contribution in [0.2, 0.25) is 0 Å². The second-order valence-corrected chi connectivity index (χ2v) is 9.32. The highest BCUT2D eigenvalue weighted by atomic mass is 19.4. The van der Waals surface area contributed by atoms with E-state index in [0.29, 0.717) is 11.6 Å². The summed E-state index contributed by atoms with van der Waals surface area (Å²) >= 11 is 0. The van der Waals surface area contributed by atoms with E-state index in [1.807, 2.05) is 54.6 Å². The highest BCUT2D eigenvalue weighted by Crippen LogP contribution is 2.34. The SMILES string of the molecule is NCCC(=O)O.O=C(Oc1cccc(OC(F)(F)F)c1)N(Cc1ccccc1)c1ccc(C2CCCCC2)cc1. The van der Waals surface area contributed by atoms with Crippen molar-refractivity contribution in [3.8, 4) is 11.5 Å². The number of carbonyl (C=O) groups is 2. The molecule has 3 aromatic carbocycles. The summed E-state index contributed by atoms with van der Waals surface area (Å²) in [6.45, 7) is 0.483. The number of nitrogens with zero attached hydrogens (tertiary/aromatic N) is 1. The number of hydrogen-bond donors (Lipinski definition) is 2. The average molecular weight is 559 g/mol. The van der Waals surface area contributed by atoms with Gasteiger partial charge in [0.2, 0.25) is 0 Å². The van der Waals surface area contributed by atoms with Gasteiger partial charge in [0, 0.05) is 18.3 Å². The number of carboxylic acids is 1. The minimum atomic E-state index is -4.83. The molecule has 0 saturated heterocycles. The van der Waals surface area contributed by atoms with Crippen LogP contribution in [0.3, 0.4) is 0 Å². The van der Waals surface area contributed by atoms with E-state index in [-0.39, 0.29) is 25.3 Å². The highest BCUT2D eigenvalue weighted by Gasteiger charge is 2.31. The molecule has 0 unspecified atom stereocenters. The summed E-state index contributed by atoms with van der Waals surface area (Å²) in [5, 5.41) is 7.83. The number of carbonyl (C=O) groups excluding carboxylic acids is 1. The molecule has 0 aliphatic heterocycles. The quantitative estimate of drug-likeness (QED) is 0.302. The van der Waals surface area contributed by atoms with Crippen molar-refractivity contribution in [1.82, 2.24) is 0 Å². The van der Waals surface area contributed by atoms with E-state index in [0.717, 1.165) is 17.7 Å². The highest BCUT2D eigenvalue weighted by molar-refractivity contribution is 5.89. The molecule has 1 fully saturated rings. The topological polar surface area (TPSA) is 102 Å². The van der Waals surface area contributed by atoms with Crippen LogP contribution in [0.1, 0.15) is 55.6 Å². The van der Waals surface area contributed by atoms with Gasteiger partial charge in [-0.15, -0.1) is 13.2 Å². The lowest BCUT2D eigenvalue weighted by Gasteiger charge is -2.25. The lowest BCUT2D eigenvalue weighted by Crippen LogP contribution is -2.33. The number of aliphatic carboxylic acids is 1. The van der Waals surface area contributed by atoms with E-state index in [1.165, 1.54) is 54.7 Å². The number of benzene rings is 3. The molecule has 1 amide bonds. The average Bonchev–Trinajstić information content (AvgIpc) is 2.92. The van der Waals surface area contributed by atoms with Crippen LogP contribution in [-0.2, 0) is 11.3 Å². The summed E-state index contributed by atoms with van der Waals surface area (Å²) < 4.78 is 47.0. The number of rotatable bonds is 8. The Hall–Kier alpha value is -4.05. The van der Waals surface area contributed by atoms with Crippen LogP contribution in [0.15, 0.2) is 78.9 Å². The maximum absolute atomic E-state index is 13.1. The fourth-order valence-electron chi connectivity index (χ4n) is 4.40. The van der Waals surface area contributed by atoms with Gasteiger partial charge in [-0.2, -0.15) is 0 Å². The third kappa shape index (κ3) is 10.3. The number of amides is 1. The molecule has 0 aromatic heterocycles. The number of ether oxygens (including phenoxy) is 2. The summed E-state index contributed by atoms with van der Waals surface area (Å²) in [7, 11) is 0. The first-order chi connectivity index (χ1) is 19.1. The summed E-state index contributed by atoms with van der Waals surface area (Å²) in [6.07, 6.45) is 0.629. The molecule has 4 rings (SSSR count). The summed E-state index contributed by atoms with van der Waals surface area (Å²) in [6, 6.07) is 22.3. The van der Waals surface area contributed by atoms with E-state index in [1.54, 1.807) is 0 Å². The van der Waals surface area contributed by atoms with E-state index >= 15 is 0 Å². The Labute approximate surface area is 231 Å². The molecular weight excluding hydrogens is 525 g/mol. The second kappa shape index (κ2) is 14.9. The minimum Gasteiger partial charge on any atom is -0.481 e. The van der Waals surface area contributed by atoms with Gasteiger partial charge in [-0.3, -0.25) is 9.69 Å². The van der Waals surface area contributed by atoms with Crippen molar-refractivity contribution < 1.29 is 37.3 Å². The minimum absolute atomic E-state index is 0.0383. The molecule has 1 aliphatic rings. The molecule has 0 atom stereocenters. The molecule has 214 valence electrons. The van der Waals surface area contributed by atoms with E-state index in [9.17, 15) is 22.8 Å². The standard InChI is InChI=1S/C27H26F3NO3.C3H7NO2/c28-27(29,30)34-25-13-7-12-24(18-25)33-26(32)31(19-20-8-3-1-4-9-20)23-16-14-22(15-17-23)21-10-5-2-6-11-21;4-2-1-3(5)6/h1,3-4,7-9,12-18,21H,2,5-6,10-11,19H2;1-2,4H2,(H,5,6). The van der Waals surface area contributed by atoms with Crippen LogP contribution in [-0.4, -0.2) is 30.1 Å². The molecule has 0 heterocycles. The summed E-state index contributed by atoms with van der Waals surface area (Å²) in [5.74, 6) is -0.793. The van der Waals surface area contributed by atoms with Gasteiger partial charge in [-0.25, -0.2) is 4.79 Å². The van der Waals surface area contributed by atoms with E-state index < -0.39 is 24.2 Å². The molecule has 0 bridgehead atoms. The predicted octanol–water partition coefficient (Wildman–Crippen LogP) is 7.26. The van der Waals surface area contributed by atoms with Gasteiger partial charge in [-0.1, -0.05) is 67.8 Å². The zero-order valence-electron chi connectivity index (χ0n) is 22.0. The Morgan fingerprint density at radius 1 is 0.900 bits per heavy atom. The molecule has 3 aromatic rings.